The molecule has 0 atom stereocenters. The molecule has 0 radical (unpaired) electrons. The largest absolute Gasteiger partial charge is 0.310 e. The van der Waals surface area contributed by atoms with Crippen LogP contribution in [0.2, 0.25) is 5.02 Å². The smallest absolute Gasteiger partial charge is 0.137 e. The van der Waals surface area contributed by atoms with Crippen LogP contribution in [0.1, 0.15) is 19.4 Å². The zero-order valence-electron chi connectivity index (χ0n) is 11.5. The monoisotopic (exact) mass is 309 g/mol. The molecule has 0 bridgehead atoms. The molecular weight excluding hydrogens is 293 g/mol. The highest BCUT2D eigenvalue weighted by atomic mass is 35.5. The van der Waals surface area contributed by atoms with Gasteiger partial charge < -0.3 is 5.32 Å². The molecule has 106 valence electrons. The summed E-state index contributed by atoms with van der Waals surface area (Å²) in [6.07, 6.45) is 0. The van der Waals surface area contributed by atoms with Gasteiger partial charge in [-0.25, -0.2) is 4.39 Å². The highest BCUT2D eigenvalue weighted by Crippen LogP contribution is 2.33. The Kier molecular flexibility index (Phi) is 5.46. The van der Waals surface area contributed by atoms with Crippen molar-refractivity contribution in [3.8, 4) is 0 Å². The molecule has 2 rings (SSSR count). The van der Waals surface area contributed by atoms with Gasteiger partial charge in [0.25, 0.3) is 0 Å². The normalized spacial score (nSPS) is 11.1. The molecule has 2 aromatic rings. The van der Waals surface area contributed by atoms with Gasteiger partial charge in [0, 0.05) is 22.5 Å². The average Bonchev–Trinajstić information content (AvgIpc) is 2.39. The van der Waals surface area contributed by atoms with Crippen LogP contribution in [0.5, 0.6) is 0 Å². The van der Waals surface area contributed by atoms with Crippen LogP contribution in [0.3, 0.4) is 0 Å². The van der Waals surface area contributed by atoms with Gasteiger partial charge in [0.1, 0.15) is 5.82 Å². The summed E-state index contributed by atoms with van der Waals surface area (Å²) in [6, 6.07) is 13.0. The molecule has 0 heterocycles. The molecule has 1 N–H and O–H groups in total. The van der Waals surface area contributed by atoms with E-state index in [0.29, 0.717) is 22.5 Å². The maximum Gasteiger partial charge on any atom is 0.137 e. The molecule has 2 aromatic carbocycles. The van der Waals surface area contributed by atoms with Gasteiger partial charge in [-0.1, -0.05) is 55.4 Å². The van der Waals surface area contributed by atoms with E-state index < -0.39 is 0 Å². The summed E-state index contributed by atoms with van der Waals surface area (Å²) in [5.74, 6) is -0.196. The molecule has 0 saturated carbocycles. The van der Waals surface area contributed by atoms with Crippen molar-refractivity contribution in [2.75, 3.05) is 0 Å². The average molecular weight is 310 g/mol. The molecule has 0 fully saturated rings. The number of rotatable bonds is 5. The first-order valence-electron chi connectivity index (χ1n) is 6.50. The molecule has 0 unspecified atom stereocenters. The van der Waals surface area contributed by atoms with Crippen molar-refractivity contribution in [1.82, 2.24) is 5.32 Å². The van der Waals surface area contributed by atoms with Crippen LogP contribution in [0.15, 0.2) is 52.3 Å². The predicted octanol–water partition coefficient (Wildman–Crippen LogP) is 5.13. The van der Waals surface area contributed by atoms with Crippen LogP contribution in [-0.4, -0.2) is 6.04 Å². The molecule has 0 saturated heterocycles. The van der Waals surface area contributed by atoms with Crippen molar-refractivity contribution in [2.45, 2.75) is 36.2 Å². The second kappa shape index (κ2) is 7.11. The number of benzene rings is 2. The maximum atomic E-state index is 14.1. The molecule has 0 aromatic heterocycles. The third kappa shape index (κ3) is 4.23. The van der Waals surface area contributed by atoms with E-state index in [2.05, 4.69) is 19.2 Å². The van der Waals surface area contributed by atoms with Crippen LogP contribution in [0.25, 0.3) is 0 Å². The third-order valence-corrected chi connectivity index (χ3v) is 4.15. The Morgan fingerprint density at radius 3 is 2.65 bits per heavy atom. The van der Waals surface area contributed by atoms with Crippen LogP contribution >= 0.6 is 23.4 Å². The van der Waals surface area contributed by atoms with E-state index in [1.807, 2.05) is 30.3 Å². The standard InChI is InChI=1S/C16H17ClFNS/c1-11(2)19-10-12-5-3-8-15(18)16(12)20-14-7-4-6-13(17)9-14/h3-9,11,19H,10H2,1-2H3. The van der Waals surface area contributed by atoms with Crippen molar-refractivity contribution >= 4 is 23.4 Å². The Balaban J connectivity index is 2.25. The lowest BCUT2D eigenvalue weighted by molar-refractivity contribution is 0.564. The third-order valence-electron chi connectivity index (χ3n) is 2.77. The Labute approximate surface area is 128 Å². The highest BCUT2D eigenvalue weighted by Gasteiger charge is 2.10. The number of nitrogens with one attached hydrogen (secondary N) is 1. The van der Waals surface area contributed by atoms with E-state index in [1.54, 1.807) is 6.07 Å². The first kappa shape index (κ1) is 15.4. The van der Waals surface area contributed by atoms with Gasteiger partial charge in [-0.05, 0) is 29.8 Å². The Morgan fingerprint density at radius 1 is 1.20 bits per heavy atom. The Hall–Kier alpha value is -1.03. The molecule has 0 aliphatic carbocycles. The first-order chi connectivity index (χ1) is 9.56. The number of halogens is 2. The Bertz CT molecular complexity index is 586. The van der Waals surface area contributed by atoms with Gasteiger partial charge >= 0.3 is 0 Å². The van der Waals surface area contributed by atoms with Gasteiger partial charge in [0.05, 0.1) is 4.90 Å². The highest BCUT2D eigenvalue weighted by molar-refractivity contribution is 7.99. The van der Waals surface area contributed by atoms with E-state index >= 15 is 0 Å². The lowest BCUT2D eigenvalue weighted by Gasteiger charge is -2.13. The minimum absolute atomic E-state index is 0.196. The summed E-state index contributed by atoms with van der Waals surface area (Å²) in [6.45, 7) is 4.80. The lowest BCUT2D eigenvalue weighted by atomic mass is 10.2. The lowest BCUT2D eigenvalue weighted by Crippen LogP contribution is -2.22. The zero-order chi connectivity index (χ0) is 14.5. The minimum Gasteiger partial charge on any atom is -0.310 e. The molecule has 0 amide bonds. The fourth-order valence-corrected chi connectivity index (χ4v) is 3.03. The van der Waals surface area contributed by atoms with Gasteiger partial charge in [-0.3, -0.25) is 0 Å². The van der Waals surface area contributed by atoms with Crippen LogP contribution in [0.4, 0.5) is 4.39 Å². The van der Waals surface area contributed by atoms with Crippen LogP contribution < -0.4 is 5.32 Å². The molecule has 0 spiro atoms. The van der Waals surface area contributed by atoms with Crippen molar-refractivity contribution in [3.05, 3.63) is 58.9 Å². The number of hydrogen-bond acceptors (Lipinski definition) is 2. The van der Waals surface area contributed by atoms with E-state index in [-0.39, 0.29) is 5.82 Å². The minimum atomic E-state index is -0.196. The quantitative estimate of drug-likeness (QED) is 0.822. The summed E-state index contributed by atoms with van der Waals surface area (Å²) < 4.78 is 14.1. The van der Waals surface area contributed by atoms with E-state index in [1.165, 1.54) is 17.8 Å². The Morgan fingerprint density at radius 2 is 1.95 bits per heavy atom. The summed E-state index contributed by atoms with van der Waals surface area (Å²) >= 11 is 7.38. The van der Waals surface area contributed by atoms with Gasteiger partial charge in [-0.2, -0.15) is 0 Å². The topological polar surface area (TPSA) is 12.0 Å². The molecule has 0 aliphatic heterocycles. The fraction of sp³-hybridized carbons (Fsp3) is 0.250. The number of hydrogen-bond donors (Lipinski definition) is 1. The van der Waals surface area contributed by atoms with Crippen LogP contribution in [0, 0.1) is 5.82 Å². The second-order valence-corrected chi connectivity index (χ2v) is 6.34. The summed E-state index contributed by atoms with van der Waals surface area (Å²) in [4.78, 5) is 1.59. The molecular formula is C16H17ClFNS. The SMILES string of the molecule is CC(C)NCc1cccc(F)c1Sc1cccc(Cl)c1. The van der Waals surface area contributed by atoms with Gasteiger partial charge in [0.2, 0.25) is 0 Å². The molecule has 4 heteroatoms. The molecule has 20 heavy (non-hydrogen) atoms. The fourth-order valence-electron chi connectivity index (χ4n) is 1.77. The van der Waals surface area contributed by atoms with E-state index in [0.717, 1.165) is 10.5 Å². The maximum absolute atomic E-state index is 14.1. The summed E-state index contributed by atoms with van der Waals surface area (Å²) in [7, 11) is 0. The molecule has 0 aliphatic rings. The van der Waals surface area contributed by atoms with Gasteiger partial charge in [0.15, 0.2) is 0 Å². The first-order valence-corrected chi connectivity index (χ1v) is 7.70. The summed E-state index contributed by atoms with van der Waals surface area (Å²) in [5.41, 5.74) is 0.962. The van der Waals surface area contributed by atoms with Crippen molar-refractivity contribution < 1.29 is 4.39 Å². The molecule has 1 nitrogen and oxygen atoms in total. The summed E-state index contributed by atoms with van der Waals surface area (Å²) in [5, 5.41) is 3.98. The van der Waals surface area contributed by atoms with Crippen molar-refractivity contribution in [1.29, 1.82) is 0 Å². The second-order valence-electron chi connectivity index (χ2n) is 4.82. The van der Waals surface area contributed by atoms with Crippen molar-refractivity contribution in [3.63, 3.8) is 0 Å². The van der Waals surface area contributed by atoms with Crippen molar-refractivity contribution in [2.24, 2.45) is 0 Å². The van der Waals surface area contributed by atoms with Gasteiger partial charge in [-0.15, -0.1) is 0 Å². The van der Waals surface area contributed by atoms with Crippen LogP contribution in [-0.2, 0) is 6.54 Å². The zero-order valence-corrected chi connectivity index (χ0v) is 13.1. The van der Waals surface area contributed by atoms with E-state index in [4.69, 9.17) is 11.6 Å². The van der Waals surface area contributed by atoms with E-state index in [9.17, 15) is 4.39 Å². The predicted molar refractivity (Wildman–Crippen MR) is 84.0 cm³/mol.